The van der Waals surface area contributed by atoms with Crippen LogP contribution in [-0.2, 0) is 6.42 Å². The molecule has 0 fully saturated rings. The molecular formula is C31H40OS2. The molecule has 4 rings (SSSR count). The Balaban J connectivity index is 1.39. The maximum Gasteiger partial charge on any atom is 0.162 e. The van der Waals surface area contributed by atoms with Gasteiger partial charge in [0.25, 0.3) is 0 Å². The number of carbonyl (C=O) groups is 1. The number of aryl methyl sites for hydroxylation is 1. The summed E-state index contributed by atoms with van der Waals surface area (Å²) >= 11 is 3.78. The summed E-state index contributed by atoms with van der Waals surface area (Å²) in [6, 6.07) is 13.4. The SMILES string of the molecule is CCCCCC(=O)c1ccc2c(c1)sc1c3ccc(CCCCCCC[C@@H](C)CC)cc3sc21. The first-order valence-electron chi connectivity index (χ1n) is 13.5. The van der Waals surface area contributed by atoms with Crippen LogP contribution in [0.1, 0.15) is 107 Å². The molecule has 0 N–H and O–H groups in total. The molecule has 0 saturated heterocycles. The van der Waals surface area contributed by atoms with Crippen LogP contribution >= 0.6 is 22.7 Å². The molecule has 1 nitrogen and oxygen atoms in total. The summed E-state index contributed by atoms with van der Waals surface area (Å²) < 4.78 is 5.44. The van der Waals surface area contributed by atoms with E-state index in [0.717, 1.165) is 30.7 Å². The first-order chi connectivity index (χ1) is 16.6. The zero-order valence-corrected chi connectivity index (χ0v) is 22.9. The Morgan fingerprint density at radius 3 is 2.21 bits per heavy atom. The lowest BCUT2D eigenvalue weighted by Crippen LogP contribution is -1.98. The molecule has 0 aliphatic carbocycles. The van der Waals surface area contributed by atoms with Crippen molar-refractivity contribution < 1.29 is 4.79 Å². The topological polar surface area (TPSA) is 17.1 Å². The van der Waals surface area contributed by atoms with Gasteiger partial charge in [-0.3, -0.25) is 4.79 Å². The second-order valence-electron chi connectivity index (χ2n) is 10.1. The molecule has 0 amide bonds. The molecule has 0 bridgehead atoms. The van der Waals surface area contributed by atoms with E-state index in [1.54, 1.807) is 0 Å². The fraction of sp³-hybridized carbons (Fsp3) is 0.516. The monoisotopic (exact) mass is 492 g/mol. The highest BCUT2D eigenvalue weighted by Crippen LogP contribution is 2.44. The van der Waals surface area contributed by atoms with Crippen molar-refractivity contribution in [2.75, 3.05) is 0 Å². The van der Waals surface area contributed by atoms with E-state index in [9.17, 15) is 4.79 Å². The molecule has 3 heteroatoms. The van der Waals surface area contributed by atoms with E-state index >= 15 is 0 Å². The molecule has 1 atom stereocenters. The van der Waals surface area contributed by atoms with Gasteiger partial charge in [-0.25, -0.2) is 0 Å². The second kappa shape index (κ2) is 12.3. The zero-order chi connectivity index (χ0) is 23.9. The standard InChI is InChI=1S/C31H40OS2/c1-4-6-10-15-27(32)24-17-19-26-29(21-24)34-30-25-18-16-23(20-28(25)33-31(26)30)14-12-9-7-8-11-13-22(3)5-2/h16-22H,4-15H2,1-3H3/t22-/m0/s1. The number of Topliss-reactive ketones (excluding diaryl/α,β-unsaturated/α-hetero) is 1. The van der Waals surface area contributed by atoms with Crippen LogP contribution in [0, 0.1) is 5.92 Å². The van der Waals surface area contributed by atoms with Crippen LogP contribution in [0.15, 0.2) is 36.4 Å². The Morgan fingerprint density at radius 1 is 0.794 bits per heavy atom. The third-order valence-electron chi connectivity index (χ3n) is 7.34. The summed E-state index contributed by atoms with van der Waals surface area (Å²) in [7, 11) is 0. The summed E-state index contributed by atoms with van der Waals surface area (Å²) in [5.41, 5.74) is 2.36. The third-order valence-corrected chi connectivity index (χ3v) is 9.84. The van der Waals surface area contributed by atoms with E-state index in [0.29, 0.717) is 6.42 Å². The molecule has 34 heavy (non-hydrogen) atoms. The number of hydrogen-bond acceptors (Lipinski definition) is 3. The molecule has 0 spiro atoms. The van der Waals surface area contributed by atoms with Crippen LogP contribution in [0.4, 0.5) is 0 Å². The van der Waals surface area contributed by atoms with Gasteiger partial charge in [-0.1, -0.05) is 96.4 Å². The number of rotatable bonds is 14. The van der Waals surface area contributed by atoms with Gasteiger partial charge in [0.15, 0.2) is 5.78 Å². The maximum absolute atomic E-state index is 12.6. The Labute approximate surface area is 213 Å². The minimum absolute atomic E-state index is 0.289. The van der Waals surface area contributed by atoms with Crippen molar-refractivity contribution >= 4 is 58.0 Å². The van der Waals surface area contributed by atoms with Crippen molar-refractivity contribution in [1.29, 1.82) is 0 Å². The Morgan fingerprint density at radius 2 is 1.47 bits per heavy atom. The molecule has 0 aliphatic heterocycles. The molecule has 0 saturated carbocycles. The number of ketones is 1. The van der Waals surface area contributed by atoms with Gasteiger partial charge in [0, 0.05) is 32.2 Å². The average Bonchev–Trinajstić information content (AvgIpc) is 3.38. The van der Waals surface area contributed by atoms with E-state index < -0.39 is 0 Å². The highest BCUT2D eigenvalue weighted by molar-refractivity contribution is 7.36. The zero-order valence-electron chi connectivity index (χ0n) is 21.3. The molecule has 0 unspecified atom stereocenters. The van der Waals surface area contributed by atoms with Gasteiger partial charge in [-0.15, -0.1) is 22.7 Å². The van der Waals surface area contributed by atoms with Gasteiger partial charge in [-0.2, -0.15) is 0 Å². The summed E-state index contributed by atoms with van der Waals surface area (Å²) in [5, 5.41) is 2.69. The van der Waals surface area contributed by atoms with E-state index in [1.807, 2.05) is 28.7 Å². The normalized spacial score (nSPS) is 12.8. The fourth-order valence-electron chi connectivity index (χ4n) is 4.87. The van der Waals surface area contributed by atoms with Crippen LogP contribution in [0.2, 0.25) is 0 Å². The number of carbonyl (C=O) groups excluding carboxylic acids is 1. The molecule has 2 aromatic heterocycles. The highest BCUT2D eigenvalue weighted by Gasteiger charge is 2.14. The van der Waals surface area contributed by atoms with Crippen molar-refractivity contribution in [2.24, 2.45) is 5.92 Å². The third kappa shape index (κ3) is 6.10. The minimum Gasteiger partial charge on any atom is -0.294 e. The smallest absolute Gasteiger partial charge is 0.162 e. The summed E-state index contributed by atoms with van der Waals surface area (Å²) in [6.45, 7) is 6.86. The van der Waals surface area contributed by atoms with Gasteiger partial charge >= 0.3 is 0 Å². The van der Waals surface area contributed by atoms with E-state index in [-0.39, 0.29) is 5.78 Å². The van der Waals surface area contributed by atoms with Gasteiger partial charge in [0.1, 0.15) is 0 Å². The summed E-state index contributed by atoms with van der Waals surface area (Å²) in [5.74, 6) is 1.18. The number of hydrogen-bond donors (Lipinski definition) is 0. The quantitative estimate of drug-likeness (QED) is 0.126. The Hall–Kier alpha value is -1.71. The average molecular weight is 493 g/mol. The van der Waals surface area contributed by atoms with Gasteiger partial charge < -0.3 is 0 Å². The molecule has 2 heterocycles. The summed E-state index contributed by atoms with van der Waals surface area (Å²) in [6.07, 6.45) is 14.7. The van der Waals surface area contributed by atoms with Crippen molar-refractivity contribution in [2.45, 2.75) is 97.8 Å². The Kier molecular flexibility index (Phi) is 9.19. The predicted molar refractivity (Wildman–Crippen MR) is 154 cm³/mol. The van der Waals surface area contributed by atoms with Gasteiger partial charge in [-0.05, 0) is 42.9 Å². The van der Waals surface area contributed by atoms with Crippen LogP contribution in [0.25, 0.3) is 29.6 Å². The largest absolute Gasteiger partial charge is 0.294 e. The molecule has 182 valence electrons. The van der Waals surface area contributed by atoms with Crippen LogP contribution in [-0.4, -0.2) is 5.78 Å². The lowest BCUT2D eigenvalue weighted by Gasteiger charge is -2.07. The van der Waals surface area contributed by atoms with Crippen molar-refractivity contribution in [3.05, 3.63) is 47.5 Å². The lowest BCUT2D eigenvalue weighted by molar-refractivity contribution is 0.0979. The van der Waals surface area contributed by atoms with E-state index in [2.05, 4.69) is 51.1 Å². The highest BCUT2D eigenvalue weighted by atomic mass is 32.1. The lowest BCUT2D eigenvalue weighted by atomic mass is 9.99. The Bertz CT molecular complexity index is 1230. The van der Waals surface area contributed by atoms with Gasteiger partial charge in [0.2, 0.25) is 0 Å². The van der Waals surface area contributed by atoms with Crippen molar-refractivity contribution in [1.82, 2.24) is 0 Å². The number of fused-ring (bicyclic) bond motifs is 5. The van der Waals surface area contributed by atoms with E-state index in [4.69, 9.17) is 0 Å². The van der Waals surface area contributed by atoms with Crippen LogP contribution in [0.3, 0.4) is 0 Å². The van der Waals surface area contributed by atoms with E-state index in [1.165, 1.54) is 86.5 Å². The molecule has 0 radical (unpaired) electrons. The molecule has 0 aliphatic rings. The molecule has 2 aromatic carbocycles. The minimum atomic E-state index is 0.289. The number of thiophene rings is 2. The number of unbranched alkanes of at least 4 members (excludes halogenated alkanes) is 6. The van der Waals surface area contributed by atoms with Gasteiger partial charge in [0.05, 0.1) is 9.40 Å². The van der Waals surface area contributed by atoms with Crippen LogP contribution < -0.4 is 0 Å². The maximum atomic E-state index is 12.6. The summed E-state index contributed by atoms with van der Waals surface area (Å²) in [4.78, 5) is 12.6. The van der Waals surface area contributed by atoms with Crippen molar-refractivity contribution in [3.8, 4) is 0 Å². The van der Waals surface area contributed by atoms with Crippen LogP contribution in [0.5, 0.6) is 0 Å². The first-order valence-corrected chi connectivity index (χ1v) is 15.1. The molecule has 4 aromatic rings. The number of benzene rings is 2. The predicted octanol–water partition coefficient (Wildman–Crippen LogP) is 11.0. The first kappa shape index (κ1) is 25.4. The second-order valence-corrected chi connectivity index (χ2v) is 12.2. The molecular weight excluding hydrogens is 452 g/mol. The fourth-order valence-corrected chi connectivity index (χ4v) is 7.62. The van der Waals surface area contributed by atoms with Crippen molar-refractivity contribution in [3.63, 3.8) is 0 Å².